The highest BCUT2D eigenvalue weighted by molar-refractivity contribution is 5.81. The number of para-hydroxylation sites is 1. The Bertz CT molecular complexity index is 926. The van der Waals surface area contributed by atoms with Gasteiger partial charge in [0.1, 0.15) is 5.82 Å². The van der Waals surface area contributed by atoms with Gasteiger partial charge in [0, 0.05) is 0 Å². The van der Waals surface area contributed by atoms with Gasteiger partial charge in [-0.05, 0) is 49.4 Å². The molecule has 0 radical (unpaired) electrons. The Kier molecular flexibility index (Phi) is 3.27. The Labute approximate surface area is 134 Å². The van der Waals surface area contributed by atoms with E-state index >= 15 is 0 Å². The maximum Gasteiger partial charge on any atom is 0.266 e. The Morgan fingerprint density at radius 1 is 1.13 bits per heavy atom. The maximum absolute atomic E-state index is 13.2. The van der Waals surface area contributed by atoms with Crippen LogP contribution in [0.5, 0.6) is 0 Å². The van der Waals surface area contributed by atoms with Crippen LogP contribution in [0, 0.1) is 12.8 Å². The van der Waals surface area contributed by atoms with Gasteiger partial charge < -0.3 is 5.73 Å². The van der Waals surface area contributed by atoms with Crippen molar-refractivity contribution in [3.63, 3.8) is 0 Å². The first kappa shape index (κ1) is 14.2. The third-order valence-corrected chi connectivity index (χ3v) is 4.57. The zero-order valence-electron chi connectivity index (χ0n) is 13.1. The van der Waals surface area contributed by atoms with Crippen LogP contribution < -0.4 is 11.3 Å². The fourth-order valence-corrected chi connectivity index (χ4v) is 3.13. The van der Waals surface area contributed by atoms with Crippen LogP contribution in [0.1, 0.15) is 30.3 Å². The monoisotopic (exact) mass is 305 g/mol. The fraction of sp³-hybridized carbons (Fsp3) is 0.263. The van der Waals surface area contributed by atoms with E-state index in [1.54, 1.807) is 4.57 Å². The van der Waals surface area contributed by atoms with Crippen molar-refractivity contribution in [2.24, 2.45) is 11.7 Å². The molecule has 0 aliphatic heterocycles. The topological polar surface area (TPSA) is 60.9 Å². The number of nitrogens with zero attached hydrogens (tertiary/aromatic N) is 2. The van der Waals surface area contributed by atoms with Crippen LogP contribution in [0.4, 0.5) is 0 Å². The number of fused-ring (bicyclic) bond motifs is 1. The van der Waals surface area contributed by atoms with E-state index in [1.807, 2.05) is 55.5 Å². The lowest BCUT2D eigenvalue weighted by atomic mass is 10.1. The van der Waals surface area contributed by atoms with Crippen LogP contribution in [-0.4, -0.2) is 9.55 Å². The van der Waals surface area contributed by atoms with Crippen molar-refractivity contribution in [3.05, 3.63) is 70.3 Å². The van der Waals surface area contributed by atoms with Gasteiger partial charge in [0.2, 0.25) is 0 Å². The highest BCUT2D eigenvalue weighted by Crippen LogP contribution is 2.39. The lowest BCUT2D eigenvalue weighted by Gasteiger charge is -2.18. The number of aryl methyl sites for hydroxylation is 1. The van der Waals surface area contributed by atoms with Crippen molar-refractivity contribution in [2.45, 2.75) is 25.8 Å². The normalized spacial score (nSPS) is 15.7. The van der Waals surface area contributed by atoms with Crippen molar-refractivity contribution in [2.75, 3.05) is 0 Å². The number of hydrogen-bond donors (Lipinski definition) is 1. The molecule has 1 fully saturated rings. The molecule has 2 N–H and O–H groups in total. The van der Waals surface area contributed by atoms with Crippen LogP contribution in [-0.2, 0) is 0 Å². The highest BCUT2D eigenvalue weighted by atomic mass is 16.1. The van der Waals surface area contributed by atoms with Crippen molar-refractivity contribution in [1.29, 1.82) is 0 Å². The highest BCUT2D eigenvalue weighted by Gasteiger charge is 2.33. The van der Waals surface area contributed by atoms with Gasteiger partial charge in [-0.3, -0.25) is 9.36 Å². The molecular formula is C19H19N3O. The van der Waals surface area contributed by atoms with Crippen LogP contribution in [0.15, 0.2) is 53.3 Å². The molecule has 1 heterocycles. The predicted octanol–water partition coefficient (Wildman–Crippen LogP) is 3.10. The molecule has 4 nitrogen and oxygen atoms in total. The molecule has 2 aromatic carbocycles. The van der Waals surface area contributed by atoms with E-state index in [9.17, 15) is 4.79 Å². The zero-order valence-corrected chi connectivity index (χ0v) is 13.1. The zero-order chi connectivity index (χ0) is 16.0. The molecule has 0 unspecified atom stereocenters. The van der Waals surface area contributed by atoms with Gasteiger partial charge in [0.25, 0.3) is 5.56 Å². The standard InChI is InChI=1S/C19H19N3O/c1-12-6-5-9-15-16(12)19(23)22(14-7-3-2-4-8-14)18(21-15)17(20)13-10-11-13/h2-9,13,17H,10-11,20H2,1H3/t17-/m0/s1. The third-order valence-electron chi connectivity index (χ3n) is 4.57. The second-order valence-electron chi connectivity index (χ2n) is 6.28. The second kappa shape index (κ2) is 5.32. The SMILES string of the molecule is Cc1cccc2nc([C@@H](N)C3CC3)n(-c3ccccc3)c(=O)c12. The maximum atomic E-state index is 13.2. The summed E-state index contributed by atoms with van der Waals surface area (Å²) >= 11 is 0. The van der Waals surface area contributed by atoms with Gasteiger partial charge in [-0.1, -0.05) is 30.3 Å². The van der Waals surface area contributed by atoms with Gasteiger partial charge in [-0.2, -0.15) is 0 Å². The van der Waals surface area contributed by atoms with Crippen LogP contribution in [0.2, 0.25) is 0 Å². The third kappa shape index (κ3) is 2.35. The summed E-state index contributed by atoms with van der Waals surface area (Å²) in [5.74, 6) is 1.10. The van der Waals surface area contributed by atoms with Gasteiger partial charge in [0.15, 0.2) is 0 Å². The van der Waals surface area contributed by atoms with Gasteiger partial charge >= 0.3 is 0 Å². The van der Waals surface area contributed by atoms with E-state index in [4.69, 9.17) is 10.7 Å². The molecule has 0 bridgehead atoms. The fourth-order valence-electron chi connectivity index (χ4n) is 3.13. The minimum Gasteiger partial charge on any atom is -0.321 e. The molecule has 23 heavy (non-hydrogen) atoms. The van der Waals surface area contributed by atoms with Gasteiger partial charge in [0.05, 0.1) is 22.6 Å². The lowest BCUT2D eigenvalue weighted by Crippen LogP contribution is -2.29. The van der Waals surface area contributed by atoms with E-state index in [2.05, 4.69) is 0 Å². The summed E-state index contributed by atoms with van der Waals surface area (Å²) in [7, 11) is 0. The number of benzene rings is 2. The molecular weight excluding hydrogens is 286 g/mol. The van der Waals surface area contributed by atoms with Crippen LogP contribution >= 0.6 is 0 Å². The summed E-state index contributed by atoms with van der Waals surface area (Å²) in [6, 6.07) is 15.2. The first-order chi connectivity index (χ1) is 11.2. The Morgan fingerprint density at radius 3 is 2.57 bits per heavy atom. The number of rotatable bonds is 3. The van der Waals surface area contributed by atoms with Crippen molar-refractivity contribution in [1.82, 2.24) is 9.55 Å². The van der Waals surface area contributed by atoms with Crippen molar-refractivity contribution in [3.8, 4) is 5.69 Å². The first-order valence-corrected chi connectivity index (χ1v) is 8.00. The van der Waals surface area contributed by atoms with E-state index < -0.39 is 0 Å². The molecule has 116 valence electrons. The average Bonchev–Trinajstić information content (AvgIpc) is 3.39. The van der Waals surface area contributed by atoms with E-state index in [0.717, 1.165) is 29.6 Å². The minimum atomic E-state index is -0.201. The van der Waals surface area contributed by atoms with Crippen LogP contribution in [0.25, 0.3) is 16.6 Å². The number of aromatic nitrogens is 2. The van der Waals surface area contributed by atoms with E-state index in [-0.39, 0.29) is 11.6 Å². The van der Waals surface area contributed by atoms with Gasteiger partial charge in [-0.25, -0.2) is 4.98 Å². The van der Waals surface area contributed by atoms with Crippen LogP contribution in [0.3, 0.4) is 0 Å². The molecule has 3 aromatic rings. The Hall–Kier alpha value is -2.46. The molecule has 4 heteroatoms. The first-order valence-electron chi connectivity index (χ1n) is 8.00. The smallest absolute Gasteiger partial charge is 0.266 e. The largest absolute Gasteiger partial charge is 0.321 e. The summed E-state index contributed by atoms with van der Waals surface area (Å²) in [6.07, 6.45) is 2.22. The lowest BCUT2D eigenvalue weighted by molar-refractivity contribution is 0.574. The number of hydrogen-bond acceptors (Lipinski definition) is 3. The van der Waals surface area contributed by atoms with Gasteiger partial charge in [-0.15, -0.1) is 0 Å². The molecule has 1 aliphatic carbocycles. The Balaban J connectivity index is 2.08. The molecule has 0 saturated heterocycles. The molecule has 0 spiro atoms. The summed E-state index contributed by atoms with van der Waals surface area (Å²) in [5.41, 5.74) is 8.87. The minimum absolute atomic E-state index is 0.0367. The molecule has 1 saturated carbocycles. The summed E-state index contributed by atoms with van der Waals surface area (Å²) in [5, 5.41) is 0.670. The van der Waals surface area contributed by atoms with Crippen molar-refractivity contribution >= 4 is 10.9 Å². The molecule has 1 aromatic heterocycles. The average molecular weight is 305 g/mol. The van der Waals surface area contributed by atoms with E-state index in [1.165, 1.54) is 0 Å². The number of nitrogens with two attached hydrogens (primary N) is 1. The molecule has 0 amide bonds. The summed E-state index contributed by atoms with van der Waals surface area (Å²) in [4.78, 5) is 18.0. The van der Waals surface area contributed by atoms with Crippen molar-refractivity contribution < 1.29 is 0 Å². The molecule has 1 atom stereocenters. The Morgan fingerprint density at radius 2 is 1.87 bits per heavy atom. The second-order valence-corrected chi connectivity index (χ2v) is 6.28. The van der Waals surface area contributed by atoms with E-state index in [0.29, 0.717) is 17.1 Å². The molecule has 1 aliphatic rings. The quantitative estimate of drug-likeness (QED) is 0.809. The summed E-state index contributed by atoms with van der Waals surface area (Å²) < 4.78 is 1.69. The predicted molar refractivity (Wildman–Crippen MR) is 91.7 cm³/mol. The summed E-state index contributed by atoms with van der Waals surface area (Å²) in [6.45, 7) is 1.95. The molecule has 4 rings (SSSR count).